The number of amides is 2. The number of carbonyl (C=O) groups is 3. The number of unbranched alkanes of at least 4 members (excludes halogenated alkanes) is 1. The van der Waals surface area contributed by atoms with Crippen LogP contribution >= 0.6 is 0 Å². The summed E-state index contributed by atoms with van der Waals surface area (Å²) in [4.78, 5) is 36.4. The third kappa shape index (κ3) is 2.65. The molecule has 0 aromatic heterocycles. The van der Waals surface area contributed by atoms with Gasteiger partial charge in [0.25, 0.3) is 11.8 Å². The minimum atomic E-state index is -0.553. The normalized spacial score (nSPS) is 13.6. The van der Waals surface area contributed by atoms with Crippen molar-refractivity contribution >= 4 is 17.8 Å². The van der Waals surface area contributed by atoms with Gasteiger partial charge < -0.3 is 4.74 Å². The molecule has 100 valence electrons. The molecule has 1 aromatic rings. The summed E-state index contributed by atoms with van der Waals surface area (Å²) >= 11 is 0. The molecular weight excluding hydrogens is 246 g/mol. The van der Waals surface area contributed by atoms with Crippen LogP contribution in [0.1, 0.15) is 40.5 Å². The highest BCUT2D eigenvalue weighted by atomic mass is 16.5. The van der Waals surface area contributed by atoms with E-state index < -0.39 is 17.8 Å². The van der Waals surface area contributed by atoms with Gasteiger partial charge in [-0.3, -0.25) is 19.3 Å². The first kappa shape index (κ1) is 13.3. The van der Waals surface area contributed by atoms with E-state index in [1.165, 1.54) is 0 Å². The molecule has 5 heteroatoms. The summed E-state index contributed by atoms with van der Waals surface area (Å²) in [6, 6.07) is 6.54. The Morgan fingerprint density at radius 2 is 1.74 bits per heavy atom. The molecule has 0 atom stereocenters. The fourth-order valence-electron chi connectivity index (χ4n) is 1.89. The van der Waals surface area contributed by atoms with Gasteiger partial charge in [0.15, 0.2) is 0 Å². The van der Waals surface area contributed by atoms with Crippen molar-refractivity contribution in [1.82, 2.24) is 4.90 Å². The molecule has 19 heavy (non-hydrogen) atoms. The van der Waals surface area contributed by atoms with Crippen molar-refractivity contribution in [3.63, 3.8) is 0 Å². The lowest BCUT2D eigenvalue weighted by molar-refractivity contribution is -0.144. The standard InChI is InChI=1S/C14H15NO4/c1-2-3-8-19-12(16)9-15-13(17)10-6-4-5-7-11(10)14(15)18/h4-7H,2-3,8-9H2,1H3. The number of hydrogen-bond acceptors (Lipinski definition) is 4. The van der Waals surface area contributed by atoms with Gasteiger partial charge in [-0.05, 0) is 18.6 Å². The molecule has 0 saturated heterocycles. The summed E-state index contributed by atoms with van der Waals surface area (Å²) in [5.74, 6) is -1.43. The highest BCUT2D eigenvalue weighted by Gasteiger charge is 2.36. The highest BCUT2D eigenvalue weighted by Crippen LogP contribution is 2.21. The van der Waals surface area contributed by atoms with E-state index in [1.54, 1.807) is 24.3 Å². The lowest BCUT2D eigenvalue weighted by Crippen LogP contribution is -2.35. The maximum Gasteiger partial charge on any atom is 0.326 e. The smallest absolute Gasteiger partial charge is 0.326 e. The molecule has 5 nitrogen and oxygen atoms in total. The van der Waals surface area contributed by atoms with Gasteiger partial charge in [-0.15, -0.1) is 0 Å². The summed E-state index contributed by atoms with van der Waals surface area (Å²) in [5, 5.41) is 0. The molecule has 2 rings (SSSR count). The quantitative estimate of drug-likeness (QED) is 0.459. The maximum absolute atomic E-state index is 12.0. The Kier molecular flexibility index (Phi) is 3.94. The van der Waals surface area contributed by atoms with Gasteiger partial charge in [0.2, 0.25) is 0 Å². The Bertz CT molecular complexity index is 489. The average Bonchev–Trinajstić information content (AvgIpc) is 2.65. The summed E-state index contributed by atoms with van der Waals surface area (Å²) in [6.07, 6.45) is 1.69. The Balaban J connectivity index is 2.02. The van der Waals surface area contributed by atoms with Crippen molar-refractivity contribution < 1.29 is 19.1 Å². The Hall–Kier alpha value is -2.17. The van der Waals surface area contributed by atoms with Crippen LogP contribution in [0.25, 0.3) is 0 Å². The van der Waals surface area contributed by atoms with Gasteiger partial charge in [0.1, 0.15) is 6.54 Å². The fraction of sp³-hybridized carbons (Fsp3) is 0.357. The number of rotatable bonds is 5. The van der Waals surface area contributed by atoms with Gasteiger partial charge in [-0.1, -0.05) is 25.5 Å². The number of ether oxygens (including phenoxy) is 1. The summed E-state index contributed by atoms with van der Waals surface area (Å²) in [7, 11) is 0. The third-order valence-electron chi connectivity index (χ3n) is 2.93. The zero-order valence-electron chi connectivity index (χ0n) is 10.7. The van der Waals surface area contributed by atoms with Crippen molar-refractivity contribution in [3.8, 4) is 0 Å². The number of hydrogen-bond donors (Lipinski definition) is 0. The Morgan fingerprint density at radius 1 is 1.16 bits per heavy atom. The molecule has 0 fully saturated rings. The monoisotopic (exact) mass is 261 g/mol. The van der Waals surface area contributed by atoms with E-state index in [4.69, 9.17) is 4.74 Å². The molecular formula is C14H15NO4. The molecule has 1 heterocycles. The lowest BCUT2D eigenvalue weighted by Gasteiger charge is -2.12. The molecule has 1 aliphatic rings. The summed E-state index contributed by atoms with van der Waals surface area (Å²) < 4.78 is 4.95. The van der Waals surface area contributed by atoms with Crippen LogP contribution in [0.15, 0.2) is 24.3 Å². The summed E-state index contributed by atoms with van der Waals surface area (Å²) in [5.41, 5.74) is 0.683. The van der Waals surface area contributed by atoms with Gasteiger partial charge in [-0.25, -0.2) is 0 Å². The van der Waals surface area contributed by atoms with Crippen LogP contribution in [0.4, 0.5) is 0 Å². The second-order valence-electron chi connectivity index (χ2n) is 4.32. The molecule has 0 saturated carbocycles. The van der Waals surface area contributed by atoms with Crippen molar-refractivity contribution in [1.29, 1.82) is 0 Å². The zero-order valence-corrected chi connectivity index (χ0v) is 10.7. The molecule has 1 aromatic carbocycles. The first-order valence-corrected chi connectivity index (χ1v) is 6.26. The molecule has 0 bridgehead atoms. The molecule has 0 spiro atoms. The van der Waals surface area contributed by atoms with Crippen LogP contribution in [0.2, 0.25) is 0 Å². The lowest BCUT2D eigenvalue weighted by atomic mass is 10.1. The van der Waals surface area contributed by atoms with E-state index in [1.807, 2.05) is 6.92 Å². The predicted molar refractivity (Wildman–Crippen MR) is 67.7 cm³/mol. The minimum Gasteiger partial charge on any atom is -0.464 e. The molecule has 2 amide bonds. The van der Waals surface area contributed by atoms with Crippen LogP contribution in [0, 0.1) is 0 Å². The zero-order chi connectivity index (χ0) is 13.8. The van der Waals surface area contributed by atoms with Crippen LogP contribution < -0.4 is 0 Å². The van der Waals surface area contributed by atoms with Gasteiger partial charge in [0.05, 0.1) is 17.7 Å². The van der Waals surface area contributed by atoms with E-state index in [0.717, 1.165) is 17.7 Å². The molecule has 0 radical (unpaired) electrons. The predicted octanol–water partition coefficient (Wildman–Crippen LogP) is 1.63. The first-order valence-electron chi connectivity index (χ1n) is 6.26. The largest absolute Gasteiger partial charge is 0.464 e. The second-order valence-corrected chi connectivity index (χ2v) is 4.32. The van der Waals surface area contributed by atoms with Crippen molar-refractivity contribution in [2.24, 2.45) is 0 Å². The molecule has 0 aliphatic carbocycles. The SMILES string of the molecule is CCCCOC(=O)CN1C(=O)c2ccccc2C1=O. The second kappa shape index (κ2) is 5.65. The third-order valence-corrected chi connectivity index (χ3v) is 2.93. The van der Waals surface area contributed by atoms with Gasteiger partial charge >= 0.3 is 5.97 Å². The van der Waals surface area contributed by atoms with Gasteiger partial charge in [0, 0.05) is 0 Å². The Labute approximate surface area is 111 Å². The van der Waals surface area contributed by atoms with E-state index >= 15 is 0 Å². The highest BCUT2D eigenvalue weighted by molar-refractivity contribution is 6.22. The fourth-order valence-corrected chi connectivity index (χ4v) is 1.89. The van der Waals surface area contributed by atoms with Crippen molar-refractivity contribution in [2.75, 3.05) is 13.2 Å². The van der Waals surface area contributed by atoms with Crippen molar-refractivity contribution in [3.05, 3.63) is 35.4 Å². The summed E-state index contributed by atoms with van der Waals surface area (Å²) in [6.45, 7) is 1.98. The number of nitrogens with zero attached hydrogens (tertiary/aromatic N) is 1. The molecule has 1 aliphatic heterocycles. The number of carbonyl (C=O) groups excluding carboxylic acids is 3. The Morgan fingerprint density at radius 3 is 2.26 bits per heavy atom. The first-order chi connectivity index (χ1) is 9.15. The maximum atomic E-state index is 12.0. The topological polar surface area (TPSA) is 63.7 Å². The van der Waals surface area contributed by atoms with E-state index in [9.17, 15) is 14.4 Å². The van der Waals surface area contributed by atoms with E-state index in [0.29, 0.717) is 17.7 Å². The molecule has 0 unspecified atom stereocenters. The van der Waals surface area contributed by atoms with Gasteiger partial charge in [-0.2, -0.15) is 0 Å². The number of fused-ring (bicyclic) bond motifs is 1. The minimum absolute atomic E-state index is 0.318. The van der Waals surface area contributed by atoms with E-state index in [-0.39, 0.29) is 6.54 Å². The average molecular weight is 261 g/mol. The van der Waals surface area contributed by atoms with E-state index in [2.05, 4.69) is 0 Å². The van der Waals surface area contributed by atoms with Crippen LogP contribution in [0.3, 0.4) is 0 Å². The molecule has 0 N–H and O–H groups in total. The number of esters is 1. The number of benzene rings is 1. The number of imide groups is 1. The van der Waals surface area contributed by atoms with Crippen LogP contribution in [0.5, 0.6) is 0 Å². The van der Waals surface area contributed by atoms with Crippen LogP contribution in [-0.2, 0) is 9.53 Å². The van der Waals surface area contributed by atoms with Crippen molar-refractivity contribution in [2.45, 2.75) is 19.8 Å². The van der Waals surface area contributed by atoms with Crippen LogP contribution in [-0.4, -0.2) is 35.8 Å².